The lowest BCUT2D eigenvalue weighted by Gasteiger charge is -2.33. The van der Waals surface area contributed by atoms with Crippen molar-refractivity contribution in [1.82, 2.24) is 10.3 Å². The van der Waals surface area contributed by atoms with Gasteiger partial charge in [-0.3, -0.25) is 9.80 Å². The Morgan fingerprint density at radius 2 is 1.86 bits per heavy atom. The van der Waals surface area contributed by atoms with Gasteiger partial charge in [0.1, 0.15) is 0 Å². The van der Waals surface area contributed by atoms with E-state index in [2.05, 4.69) is 16.7 Å². The van der Waals surface area contributed by atoms with Gasteiger partial charge in [0.05, 0.1) is 11.3 Å². The number of nitrogens with one attached hydrogen (secondary N) is 1. The second-order valence-corrected chi connectivity index (χ2v) is 5.29. The van der Waals surface area contributed by atoms with E-state index in [0.29, 0.717) is 18.7 Å². The van der Waals surface area contributed by atoms with Crippen molar-refractivity contribution in [1.29, 1.82) is 0 Å². The molecule has 1 heterocycles. The summed E-state index contributed by atoms with van der Waals surface area (Å²) in [7, 11) is 0. The second-order valence-electron chi connectivity index (χ2n) is 5.29. The summed E-state index contributed by atoms with van der Waals surface area (Å²) in [5.41, 5.74) is 2.88. The third-order valence-corrected chi connectivity index (χ3v) is 3.98. The Morgan fingerprint density at radius 1 is 1.14 bits per heavy atom. The lowest BCUT2D eigenvalue weighted by atomic mass is 9.93. The van der Waals surface area contributed by atoms with Crippen molar-refractivity contribution in [3.05, 3.63) is 76.2 Å². The predicted octanol–water partition coefficient (Wildman–Crippen LogP) is 2.70. The van der Waals surface area contributed by atoms with Crippen molar-refractivity contribution in [2.24, 2.45) is 5.29 Å². The highest BCUT2D eigenvalue weighted by Gasteiger charge is 2.27. The summed E-state index contributed by atoms with van der Waals surface area (Å²) < 4.78 is 0. The van der Waals surface area contributed by atoms with Gasteiger partial charge in [0.15, 0.2) is 0 Å². The zero-order valence-electron chi connectivity index (χ0n) is 12.1. The van der Waals surface area contributed by atoms with Gasteiger partial charge in [0, 0.05) is 18.7 Å². The number of benzene rings is 2. The number of carbonyl (C=O) groups is 1. The van der Waals surface area contributed by atoms with Crippen LogP contribution in [0.1, 0.15) is 27.5 Å². The minimum Gasteiger partial charge on any atom is -0.350 e. The van der Waals surface area contributed by atoms with Crippen LogP contribution in [0.25, 0.3) is 0 Å². The molecule has 0 fully saturated rings. The van der Waals surface area contributed by atoms with Crippen LogP contribution < -0.4 is 5.32 Å². The van der Waals surface area contributed by atoms with Gasteiger partial charge in [0.2, 0.25) is 0 Å². The molecular formula is C17H17N3O2. The third-order valence-electron chi connectivity index (χ3n) is 3.98. The van der Waals surface area contributed by atoms with Crippen molar-refractivity contribution in [2.45, 2.75) is 12.5 Å². The van der Waals surface area contributed by atoms with E-state index in [1.54, 1.807) is 12.1 Å². The molecule has 1 aliphatic rings. The minimum absolute atomic E-state index is 0.144. The first-order valence-electron chi connectivity index (χ1n) is 7.30. The summed E-state index contributed by atoms with van der Waals surface area (Å²) in [4.78, 5) is 23.2. The summed E-state index contributed by atoms with van der Waals surface area (Å²) >= 11 is 0. The molecular weight excluding hydrogens is 278 g/mol. The summed E-state index contributed by atoms with van der Waals surface area (Å²) in [6.45, 7) is 0.933. The van der Waals surface area contributed by atoms with E-state index in [9.17, 15) is 9.70 Å². The quantitative estimate of drug-likeness (QED) is 0.882. The molecule has 1 amide bonds. The molecule has 5 heteroatoms. The molecule has 2 aromatic rings. The van der Waals surface area contributed by atoms with Crippen molar-refractivity contribution in [3.63, 3.8) is 0 Å². The molecule has 0 bridgehead atoms. The Labute approximate surface area is 128 Å². The highest BCUT2D eigenvalue weighted by Crippen LogP contribution is 2.29. The molecule has 1 N–H and O–H groups in total. The van der Waals surface area contributed by atoms with Gasteiger partial charge in [-0.15, -0.1) is 4.91 Å². The molecule has 0 saturated heterocycles. The number of amides is 1. The number of nitroso groups, excluding NO2 is 1. The normalized spacial score (nSPS) is 16.7. The smallest absolute Gasteiger partial charge is 0.251 e. The summed E-state index contributed by atoms with van der Waals surface area (Å²) in [6, 6.07) is 16.8. The zero-order valence-corrected chi connectivity index (χ0v) is 12.1. The Hall–Kier alpha value is -2.69. The van der Waals surface area contributed by atoms with Crippen molar-refractivity contribution in [3.8, 4) is 0 Å². The van der Waals surface area contributed by atoms with Crippen LogP contribution >= 0.6 is 0 Å². The third kappa shape index (κ3) is 2.83. The number of carbonyl (C=O) groups excluding carboxylic acids is 1. The molecule has 22 heavy (non-hydrogen) atoms. The summed E-state index contributed by atoms with van der Waals surface area (Å²) in [6.07, 6.45) is 0.797. The highest BCUT2D eigenvalue weighted by atomic mass is 16.3. The zero-order chi connectivity index (χ0) is 15.4. The lowest BCUT2D eigenvalue weighted by Crippen LogP contribution is -2.39. The standard InChI is InChI=1S/C17H17N3O2/c21-17(14-7-2-1-3-8-14)18-12-16-15-9-5-4-6-13(15)10-11-20(16)19-22/h1-9,16H,10-12H2,(H,18,21). The van der Waals surface area contributed by atoms with Gasteiger partial charge in [-0.1, -0.05) is 42.5 Å². The van der Waals surface area contributed by atoms with Crippen LogP contribution in [0.2, 0.25) is 0 Å². The lowest BCUT2D eigenvalue weighted by molar-refractivity contribution is 0.0929. The minimum atomic E-state index is -0.213. The van der Waals surface area contributed by atoms with E-state index < -0.39 is 0 Å². The fourth-order valence-electron chi connectivity index (χ4n) is 2.83. The first-order chi connectivity index (χ1) is 10.8. The predicted molar refractivity (Wildman–Crippen MR) is 84.2 cm³/mol. The van der Waals surface area contributed by atoms with E-state index in [0.717, 1.165) is 12.0 Å². The molecule has 112 valence electrons. The molecule has 1 atom stereocenters. The number of nitrogens with zero attached hydrogens (tertiary/aromatic N) is 2. The van der Waals surface area contributed by atoms with Crippen LogP contribution in [-0.2, 0) is 6.42 Å². The molecule has 2 aromatic carbocycles. The Balaban J connectivity index is 1.75. The Kier molecular flexibility index (Phi) is 4.14. The average Bonchev–Trinajstić information content (AvgIpc) is 2.60. The maximum Gasteiger partial charge on any atom is 0.251 e. The molecule has 0 aliphatic carbocycles. The maximum absolute atomic E-state index is 12.2. The van der Waals surface area contributed by atoms with Gasteiger partial charge in [-0.25, -0.2) is 0 Å². The number of rotatable bonds is 4. The largest absolute Gasteiger partial charge is 0.350 e. The topological polar surface area (TPSA) is 61.8 Å². The molecule has 3 rings (SSSR count). The first kappa shape index (κ1) is 14.3. The Bertz CT molecular complexity index is 673. The molecule has 1 aliphatic heterocycles. The molecule has 0 aromatic heterocycles. The van der Waals surface area contributed by atoms with Crippen LogP contribution in [0.3, 0.4) is 0 Å². The SMILES string of the molecule is O=NN1CCc2ccccc2C1CNC(=O)c1ccccc1. The van der Waals surface area contributed by atoms with Gasteiger partial charge in [0.25, 0.3) is 5.91 Å². The van der Waals surface area contributed by atoms with Gasteiger partial charge >= 0.3 is 0 Å². The van der Waals surface area contributed by atoms with Crippen molar-refractivity contribution >= 4 is 5.91 Å². The van der Waals surface area contributed by atoms with E-state index in [1.807, 2.05) is 36.4 Å². The van der Waals surface area contributed by atoms with E-state index in [1.165, 1.54) is 10.6 Å². The first-order valence-corrected chi connectivity index (χ1v) is 7.30. The average molecular weight is 295 g/mol. The number of fused-ring (bicyclic) bond motifs is 1. The van der Waals surface area contributed by atoms with Gasteiger partial charge in [-0.2, -0.15) is 0 Å². The molecule has 5 nitrogen and oxygen atoms in total. The monoisotopic (exact) mass is 295 g/mol. The number of hydrogen-bond acceptors (Lipinski definition) is 3. The fourth-order valence-corrected chi connectivity index (χ4v) is 2.83. The van der Waals surface area contributed by atoms with E-state index in [-0.39, 0.29) is 11.9 Å². The number of hydrogen-bond donors (Lipinski definition) is 1. The summed E-state index contributed by atoms with van der Waals surface area (Å²) in [5, 5.41) is 7.51. The van der Waals surface area contributed by atoms with Crippen LogP contribution in [0.5, 0.6) is 0 Å². The van der Waals surface area contributed by atoms with Gasteiger partial charge < -0.3 is 5.32 Å². The fraction of sp³-hybridized carbons (Fsp3) is 0.235. The van der Waals surface area contributed by atoms with Crippen LogP contribution in [-0.4, -0.2) is 24.0 Å². The molecule has 0 saturated carbocycles. The van der Waals surface area contributed by atoms with Crippen LogP contribution in [0.4, 0.5) is 0 Å². The summed E-state index contributed by atoms with van der Waals surface area (Å²) in [5.74, 6) is -0.144. The molecule has 1 unspecified atom stereocenters. The molecule has 0 spiro atoms. The highest BCUT2D eigenvalue weighted by molar-refractivity contribution is 5.94. The van der Waals surface area contributed by atoms with E-state index >= 15 is 0 Å². The van der Waals surface area contributed by atoms with Crippen molar-refractivity contribution < 1.29 is 4.79 Å². The van der Waals surface area contributed by atoms with Crippen LogP contribution in [0.15, 0.2) is 59.9 Å². The maximum atomic E-state index is 12.2. The van der Waals surface area contributed by atoms with Crippen molar-refractivity contribution in [2.75, 3.05) is 13.1 Å². The second kappa shape index (κ2) is 6.39. The molecule has 0 radical (unpaired) electrons. The van der Waals surface area contributed by atoms with Gasteiger partial charge in [-0.05, 0) is 29.7 Å². The Morgan fingerprint density at radius 3 is 2.64 bits per heavy atom. The van der Waals surface area contributed by atoms with E-state index in [4.69, 9.17) is 0 Å². The van der Waals surface area contributed by atoms with Crippen LogP contribution in [0, 0.1) is 4.91 Å².